The Morgan fingerprint density at radius 2 is 0.734 bits per heavy atom. The van der Waals surface area contributed by atoms with E-state index >= 15 is 0 Å². The van der Waals surface area contributed by atoms with E-state index in [-0.39, 0.29) is 12.8 Å². The first kappa shape index (κ1) is 41.2. The molecule has 0 fully saturated rings. The van der Waals surface area contributed by atoms with Crippen LogP contribution < -0.4 is 9.47 Å². The van der Waals surface area contributed by atoms with Crippen molar-refractivity contribution < 1.29 is 29.3 Å². The van der Waals surface area contributed by atoms with Gasteiger partial charge in [0.05, 0.1) is 36.0 Å². The summed E-state index contributed by atoms with van der Waals surface area (Å²) in [6.45, 7) is 0.839. The molecule has 0 atom stereocenters. The van der Waals surface area contributed by atoms with Gasteiger partial charge in [0, 0.05) is 81.9 Å². The predicted octanol–water partition coefficient (Wildman–Crippen LogP) is 11.4. The van der Waals surface area contributed by atoms with Crippen molar-refractivity contribution in [2.45, 2.75) is 38.5 Å². The monoisotopic (exact) mass is 848 g/mol. The minimum Gasteiger partial charge on any atom is -0.494 e. The van der Waals surface area contributed by atoms with Crippen molar-refractivity contribution >= 4 is 58.3 Å². The Morgan fingerprint density at radius 1 is 0.422 bits per heavy atom. The van der Waals surface area contributed by atoms with Gasteiger partial charge in [0.15, 0.2) is 0 Å². The van der Waals surface area contributed by atoms with Gasteiger partial charge >= 0.3 is 11.9 Å². The Hall–Kier alpha value is -8.12. The molecule has 0 saturated carbocycles. The van der Waals surface area contributed by atoms with E-state index in [1.165, 1.54) is 0 Å². The Balaban J connectivity index is 1.25. The molecule has 7 aromatic rings. The van der Waals surface area contributed by atoms with Gasteiger partial charge in [-0.2, -0.15) is 0 Å². The summed E-state index contributed by atoms with van der Waals surface area (Å²) >= 11 is 0. The van der Waals surface area contributed by atoms with Gasteiger partial charge in [-0.05, 0) is 145 Å². The highest BCUT2D eigenvalue weighted by Gasteiger charge is 2.19. The lowest BCUT2D eigenvalue weighted by molar-refractivity contribution is -0.138. The number of unbranched alkanes of at least 4 members (excludes halogenated alkanes) is 2. The van der Waals surface area contributed by atoms with Crippen molar-refractivity contribution in [3.63, 3.8) is 0 Å². The van der Waals surface area contributed by atoms with E-state index < -0.39 is 11.9 Å². The number of carbonyl (C=O) groups is 2. The third-order valence-corrected chi connectivity index (χ3v) is 11.1. The van der Waals surface area contributed by atoms with Crippen LogP contribution in [-0.2, 0) is 9.59 Å². The maximum absolute atomic E-state index is 11.0. The van der Waals surface area contributed by atoms with Gasteiger partial charge in [-0.15, -0.1) is 0 Å². The summed E-state index contributed by atoms with van der Waals surface area (Å²) in [5.41, 5.74) is 13.9. The maximum atomic E-state index is 11.0. The molecule has 8 bridgehead atoms. The summed E-state index contributed by atoms with van der Waals surface area (Å²) < 4.78 is 12.0. The van der Waals surface area contributed by atoms with Crippen molar-refractivity contribution in [3.05, 3.63) is 145 Å². The average Bonchev–Trinajstić information content (AvgIpc) is 4.16. The molecule has 0 saturated heterocycles. The number of carboxylic acids is 2. The second-order valence-corrected chi connectivity index (χ2v) is 15.4. The number of nitrogens with one attached hydrogen (secondary N) is 2. The van der Waals surface area contributed by atoms with Crippen LogP contribution >= 0.6 is 0 Å². The maximum Gasteiger partial charge on any atom is 0.303 e. The van der Waals surface area contributed by atoms with Gasteiger partial charge in [-0.25, -0.2) is 9.97 Å². The molecule has 318 valence electrons. The van der Waals surface area contributed by atoms with Gasteiger partial charge < -0.3 is 29.7 Å². The fraction of sp³-hybridized carbons (Fsp3) is 0.154. The van der Waals surface area contributed by atoms with Crippen LogP contribution in [0.15, 0.2) is 122 Å². The highest BCUT2D eigenvalue weighted by atomic mass is 16.5. The number of aliphatic carboxylic acids is 2. The normalized spacial score (nSPS) is 11.8. The van der Waals surface area contributed by atoms with Crippen LogP contribution in [0.25, 0.3) is 90.9 Å². The van der Waals surface area contributed by atoms with Crippen molar-refractivity contribution in [2.75, 3.05) is 13.2 Å². The molecular weight excluding hydrogens is 805 g/mol. The summed E-state index contributed by atoms with van der Waals surface area (Å²) in [5, 5.41) is 18.0. The molecular formula is C52H44N6O6. The van der Waals surface area contributed by atoms with Gasteiger partial charge in [-0.1, -0.05) is 24.3 Å². The molecule has 0 aliphatic carbocycles. The zero-order valence-corrected chi connectivity index (χ0v) is 34.8. The zero-order chi connectivity index (χ0) is 43.8. The minimum atomic E-state index is -0.810. The number of carboxylic acid groups (broad SMARTS) is 2. The number of nitrogens with zero attached hydrogens (tertiary/aromatic N) is 4. The van der Waals surface area contributed by atoms with Crippen LogP contribution in [0.4, 0.5) is 0 Å². The topological polar surface area (TPSA) is 176 Å². The number of rotatable bonds is 16. The highest BCUT2D eigenvalue weighted by Crippen LogP contribution is 2.39. The molecule has 0 amide bonds. The average molecular weight is 849 g/mol. The van der Waals surface area contributed by atoms with E-state index in [1.54, 1.807) is 24.8 Å². The minimum absolute atomic E-state index is 0.114. The van der Waals surface area contributed by atoms with Crippen LogP contribution in [0.3, 0.4) is 0 Å². The van der Waals surface area contributed by atoms with Gasteiger partial charge in [-0.3, -0.25) is 19.6 Å². The number of H-pyrrole nitrogens is 2. The first-order chi connectivity index (χ1) is 31.4. The fourth-order valence-corrected chi connectivity index (χ4v) is 8.03. The molecule has 4 N–H and O–H groups in total. The molecule has 2 aliphatic rings. The number of hydrogen-bond donors (Lipinski definition) is 4. The van der Waals surface area contributed by atoms with E-state index in [4.69, 9.17) is 29.7 Å². The third-order valence-electron chi connectivity index (χ3n) is 11.1. The number of ether oxygens (including phenoxy) is 2. The Morgan fingerprint density at radius 3 is 1.05 bits per heavy atom. The molecule has 12 heteroatoms. The van der Waals surface area contributed by atoms with Gasteiger partial charge in [0.2, 0.25) is 0 Å². The molecule has 2 aromatic carbocycles. The largest absolute Gasteiger partial charge is 0.494 e. The van der Waals surface area contributed by atoms with Crippen LogP contribution in [0, 0.1) is 0 Å². The first-order valence-corrected chi connectivity index (χ1v) is 21.2. The fourth-order valence-electron chi connectivity index (χ4n) is 8.03. The lowest BCUT2D eigenvalue weighted by Gasteiger charge is -2.09. The van der Waals surface area contributed by atoms with Crippen LogP contribution in [0.2, 0.25) is 0 Å². The predicted molar refractivity (Wildman–Crippen MR) is 250 cm³/mol. The van der Waals surface area contributed by atoms with E-state index in [0.29, 0.717) is 50.4 Å². The molecule has 0 unspecified atom stereocenters. The number of benzene rings is 2. The molecule has 7 heterocycles. The smallest absolute Gasteiger partial charge is 0.303 e. The summed E-state index contributed by atoms with van der Waals surface area (Å²) in [5.74, 6) is -0.237. The summed E-state index contributed by atoms with van der Waals surface area (Å²) in [4.78, 5) is 48.8. The van der Waals surface area contributed by atoms with Crippen LogP contribution in [0.1, 0.15) is 61.3 Å². The Labute approximate surface area is 368 Å². The molecule has 0 radical (unpaired) electrons. The van der Waals surface area contributed by atoms with E-state index in [2.05, 4.69) is 44.2 Å². The number of hydrogen-bond acceptors (Lipinski definition) is 8. The standard InChI is InChI=1S/C52H44N6O6/c59-47(60)5-1-3-31-63-37-11-7-33(8-12-37)49-39-15-16-40(55-39)50(34-9-13-38(14-10-34)64-32-4-2-6-48(61)62)42-18-20-44(57-42)52(36-25-29-54-30-26-36)46-22-21-45(58-46)51(35-23-27-53-28-24-35)43-19-17-41(49)56-43/h7-30,55,58H,1-6,31-32H2,(H,59,60)(H,61,62). The number of aromatic amines is 2. The second-order valence-electron chi connectivity index (χ2n) is 15.4. The molecule has 9 rings (SSSR count). The highest BCUT2D eigenvalue weighted by molar-refractivity contribution is 5.99. The number of fused-ring (bicyclic) bond motifs is 8. The molecule has 5 aromatic heterocycles. The summed E-state index contributed by atoms with van der Waals surface area (Å²) in [6.07, 6.45) is 17.9. The van der Waals surface area contributed by atoms with Crippen LogP contribution in [0.5, 0.6) is 11.5 Å². The zero-order valence-electron chi connectivity index (χ0n) is 34.8. The number of aromatic nitrogens is 6. The third kappa shape index (κ3) is 9.21. The second kappa shape index (κ2) is 18.9. The van der Waals surface area contributed by atoms with Crippen molar-refractivity contribution in [1.29, 1.82) is 0 Å². The molecule has 0 spiro atoms. The van der Waals surface area contributed by atoms with E-state index in [0.717, 1.165) is 89.4 Å². The van der Waals surface area contributed by atoms with Crippen LogP contribution in [-0.4, -0.2) is 65.3 Å². The molecule has 64 heavy (non-hydrogen) atoms. The summed E-state index contributed by atoms with van der Waals surface area (Å²) in [6, 6.07) is 32.1. The van der Waals surface area contributed by atoms with Gasteiger partial charge in [0.25, 0.3) is 0 Å². The quantitative estimate of drug-likeness (QED) is 0.0684. The molecule has 2 aliphatic heterocycles. The molecule has 12 nitrogen and oxygen atoms in total. The van der Waals surface area contributed by atoms with Gasteiger partial charge in [0.1, 0.15) is 11.5 Å². The lowest BCUT2D eigenvalue weighted by atomic mass is 10.0. The first-order valence-electron chi connectivity index (χ1n) is 21.2. The summed E-state index contributed by atoms with van der Waals surface area (Å²) in [7, 11) is 0. The van der Waals surface area contributed by atoms with Crippen molar-refractivity contribution in [2.24, 2.45) is 0 Å². The van der Waals surface area contributed by atoms with E-state index in [9.17, 15) is 9.59 Å². The number of pyridine rings is 2. The Kier molecular flexibility index (Phi) is 12.2. The Bertz CT molecular complexity index is 2850. The van der Waals surface area contributed by atoms with Crippen molar-refractivity contribution in [1.82, 2.24) is 29.9 Å². The lowest BCUT2D eigenvalue weighted by Crippen LogP contribution is -2.00. The van der Waals surface area contributed by atoms with E-state index in [1.807, 2.05) is 97.1 Å². The SMILES string of the molecule is O=C(O)CCCCOc1ccc(-c2c3nc(c(-c4ccncc4)c4ccc([nH]4)c(-c4ccncc4)c4nc(c(-c5ccc(OCCCCC(=O)O)cc5)c5ccc2[nH]5)C=C4)C=C3)cc1. The van der Waals surface area contributed by atoms with Crippen molar-refractivity contribution in [3.8, 4) is 56.0 Å².